The van der Waals surface area contributed by atoms with Gasteiger partial charge in [0.2, 0.25) is 0 Å². The zero-order chi connectivity index (χ0) is 18.8. The van der Waals surface area contributed by atoms with Crippen LogP contribution in [-0.2, 0) is 20.8 Å². The summed E-state index contributed by atoms with van der Waals surface area (Å²) in [5.41, 5.74) is 1.17. The summed E-state index contributed by atoms with van der Waals surface area (Å²) in [4.78, 5) is 0. The molecule has 26 heavy (non-hydrogen) atoms. The highest BCUT2D eigenvalue weighted by Crippen LogP contribution is 2.22. The van der Waals surface area contributed by atoms with Crippen molar-refractivity contribution >= 4 is 0 Å². The fourth-order valence-corrected chi connectivity index (χ4v) is 2.74. The minimum Gasteiger partial charge on any atom is -0.497 e. The van der Waals surface area contributed by atoms with Crippen molar-refractivity contribution in [1.82, 2.24) is 0 Å². The number of ether oxygens (including phenoxy) is 4. The maximum atomic E-state index is 5.91. The Morgan fingerprint density at radius 1 is 1.23 bits per heavy atom. The van der Waals surface area contributed by atoms with E-state index in [-0.39, 0.29) is 12.2 Å². The third kappa shape index (κ3) is 7.73. The van der Waals surface area contributed by atoms with Crippen LogP contribution in [0.25, 0.3) is 0 Å². The van der Waals surface area contributed by atoms with E-state index >= 15 is 0 Å². The molecule has 0 amide bonds. The molecular weight excluding hydrogens is 328 g/mol. The lowest BCUT2D eigenvalue weighted by molar-refractivity contribution is -0.133. The van der Waals surface area contributed by atoms with Crippen LogP contribution in [0.5, 0.6) is 5.75 Å². The van der Waals surface area contributed by atoms with E-state index in [9.17, 15) is 0 Å². The minimum atomic E-state index is -0.458. The Morgan fingerprint density at radius 2 is 2.00 bits per heavy atom. The van der Waals surface area contributed by atoms with Crippen LogP contribution < -0.4 is 4.74 Å². The van der Waals surface area contributed by atoms with E-state index in [0.717, 1.165) is 25.0 Å². The van der Waals surface area contributed by atoms with Crippen molar-refractivity contribution in [2.45, 2.75) is 64.6 Å². The van der Waals surface area contributed by atoms with Gasteiger partial charge in [0.1, 0.15) is 11.9 Å². The molecule has 1 aromatic rings. The van der Waals surface area contributed by atoms with E-state index in [1.165, 1.54) is 5.56 Å². The fourth-order valence-electron chi connectivity index (χ4n) is 2.74. The van der Waals surface area contributed by atoms with Crippen LogP contribution >= 0.6 is 0 Å². The van der Waals surface area contributed by atoms with E-state index in [4.69, 9.17) is 18.9 Å². The van der Waals surface area contributed by atoms with E-state index in [2.05, 4.69) is 19.1 Å². The van der Waals surface area contributed by atoms with Crippen LogP contribution in [0.15, 0.2) is 48.6 Å². The topological polar surface area (TPSA) is 36.9 Å². The van der Waals surface area contributed by atoms with Gasteiger partial charge in [0.05, 0.1) is 26.4 Å². The molecule has 1 aliphatic rings. The van der Waals surface area contributed by atoms with Crippen LogP contribution in [0.3, 0.4) is 0 Å². The summed E-state index contributed by atoms with van der Waals surface area (Å²) in [7, 11) is 1.68. The lowest BCUT2D eigenvalue weighted by Crippen LogP contribution is -2.20. The predicted octanol–water partition coefficient (Wildman–Crippen LogP) is 5.03. The second kappa shape index (κ2) is 10.5. The van der Waals surface area contributed by atoms with Gasteiger partial charge in [0.15, 0.2) is 5.79 Å². The Kier molecular flexibility index (Phi) is 8.36. The van der Waals surface area contributed by atoms with Crippen LogP contribution in [-0.4, -0.2) is 31.7 Å². The van der Waals surface area contributed by atoms with E-state index in [1.54, 1.807) is 7.11 Å². The Hall–Kier alpha value is -1.62. The molecule has 0 aromatic heterocycles. The van der Waals surface area contributed by atoms with Crippen molar-refractivity contribution in [1.29, 1.82) is 0 Å². The maximum absolute atomic E-state index is 5.91. The van der Waals surface area contributed by atoms with Gasteiger partial charge in [-0.05, 0) is 57.7 Å². The molecule has 2 atom stereocenters. The Labute approximate surface area is 157 Å². The Balaban J connectivity index is 1.54. The molecule has 1 aromatic carbocycles. The van der Waals surface area contributed by atoms with E-state index < -0.39 is 5.79 Å². The van der Waals surface area contributed by atoms with Gasteiger partial charge >= 0.3 is 0 Å². The monoisotopic (exact) mass is 360 g/mol. The molecule has 0 saturated carbocycles. The summed E-state index contributed by atoms with van der Waals surface area (Å²) < 4.78 is 22.3. The van der Waals surface area contributed by atoms with Gasteiger partial charge in [-0.1, -0.05) is 36.4 Å². The summed E-state index contributed by atoms with van der Waals surface area (Å²) in [5, 5.41) is 0. The molecule has 144 valence electrons. The normalized spacial score (nSPS) is 20.8. The van der Waals surface area contributed by atoms with Crippen LogP contribution in [0.2, 0.25) is 0 Å². The zero-order valence-corrected chi connectivity index (χ0v) is 16.4. The largest absolute Gasteiger partial charge is 0.497 e. The number of allylic oxidation sites excluding steroid dienone is 3. The van der Waals surface area contributed by atoms with Crippen molar-refractivity contribution in [3.05, 3.63) is 54.1 Å². The molecule has 0 bridgehead atoms. The molecule has 0 aliphatic carbocycles. The molecule has 4 nitrogen and oxygen atoms in total. The van der Waals surface area contributed by atoms with Gasteiger partial charge in [0, 0.05) is 0 Å². The first-order valence-electron chi connectivity index (χ1n) is 9.38. The van der Waals surface area contributed by atoms with Crippen molar-refractivity contribution in [2.24, 2.45) is 0 Å². The molecule has 2 rings (SSSR count). The third-order valence-electron chi connectivity index (χ3n) is 4.28. The molecule has 0 unspecified atom stereocenters. The third-order valence-corrected chi connectivity index (χ3v) is 4.28. The highest BCUT2D eigenvalue weighted by Gasteiger charge is 2.30. The standard InChI is InChI=1S/C22H32O4/c1-18(24-16-19-12-14-20(23-4)15-13-19)10-8-6-5-7-9-11-21-17-25-22(2,3)26-21/h5,7,9,11-15,18,21H,6,8,10,16-17H2,1-4H3/b7-5+,11-9+/t18-,21+/m1/s1. The first-order valence-corrected chi connectivity index (χ1v) is 9.38. The Bertz CT molecular complexity index is 574. The minimum absolute atomic E-state index is 0.0565. The van der Waals surface area contributed by atoms with Gasteiger partial charge < -0.3 is 18.9 Å². The van der Waals surface area contributed by atoms with Crippen molar-refractivity contribution in [3.8, 4) is 5.75 Å². The molecule has 1 aliphatic heterocycles. The lowest BCUT2D eigenvalue weighted by atomic mass is 10.1. The summed E-state index contributed by atoms with van der Waals surface area (Å²) in [6.45, 7) is 7.28. The van der Waals surface area contributed by atoms with Gasteiger partial charge in [0.25, 0.3) is 0 Å². The lowest BCUT2D eigenvalue weighted by Gasteiger charge is -2.15. The molecule has 0 spiro atoms. The number of unbranched alkanes of at least 4 members (excludes halogenated alkanes) is 1. The first-order chi connectivity index (χ1) is 12.5. The number of hydrogen-bond donors (Lipinski definition) is 0. The van der Waals surface area contributed by atoms with E-state index in [0.29, 0.717) is 13.2 Å². The van der Waals surface area contributed by atoms with Crippen LogP contribution in [0.4, 0.5) is 0 Å². The maximum Gasteiger partial charge on any atom is 0.163 e. The SMILES string of the molecule is COc1ccc(CO[C@H](C)CCC/C=C/C=C/[C@H]2COC(C)(C)O2)cc1. The average Bonchev–Trinajstić information content (AvgIpc) is 2.98. The van der Waals surface area contributed by atoms with E-state index in [1.807, 2.05) is 50.3 Å². The highest BCUT2D eigenvalue weighted by molar-refractivity contribution is 5.26. The average molecular weight is 360 g/mol. The first kappa shape index (κ1) is 20.7. The van der Waals surface area contributed by atoms with Crippen molar-refractivity contribution in [2.75, 3.05) is 13.7 Å². The fraction of sp³-hybridized carbons (Fsp3) is 0.545. The van der Waals surface area contributed by atoms with Gasteiger partial charge in [-0.2, -0.15) is 0 Å². The summed E-state index contributed by atoms with van der Waals surface area (Å²) >= 11 is 0. The number of rotatable bonds is 10. The van der Waals surface area contributed by atoms with Gasteiger partial charge in [-0.15, -0.1) is 0 Å². The van der Waals surface area contributed by atoms with Crippen LogP contribution in [0.1, 0.15) is 45.6 Å². The molecule has 1 saturated heterocycles. The van der Waals surface area contributed by atoms with Gasteiger partial charge in [-0.25, -0.2) is 0 Å². The highest BCUT2D eigenvalue weighted by atomic mass is 16.7. The van der Waals surface area contributed by atoms with Crippen LogP contribution in [0, 0.1) is 0 Å². The molecule has 1 fully saturated rings. The zero-order valence-electron chi connectivity index (χ0n) is 16.4. The molecule has 1 heterocycles. The van der Waals surface area contributed by atoms with Crippen molar-refractivity contribution in [3.63, 3.8) is 0 Å². The summed E-state index contributed by atoms with van der Waals surface area (Å²) in [5.74, 6) is 0.416. The quantitative estimate of drug-likeness (QED) is 0.433. The second-order valence-corrected chi connectivity index (χ2v) is 7.08. The smallest absolute Gasteiger partial charge is 0.163 e. The Morgan fingerprint density at radius 3 is 2.65 bits per heavy atom. The number of methoxy groups -OCH3 is 1. The molecule has 0 N–H and O–H groups in total. The molecular formula is C22H32O4. The van der Waals surface area contributed by atoms with Crippen molar-refractivity contribution < 1.29 is 18.9 Å². The van der Waals surface area contributed by atoms with Gasteiger partial charge in [-0.3, -0.25) is 0 Å². The summed E-state index contributed by atoms with van der Waals surface area (Å²) in [6, 6.07) is 8.01. The second-order valence-electron chi connectivity index (χ2n) is 7.08. The molecule has 0 radical (unpaired) electrons. The predicted molar refractivity (Wildman–Crippen MR) is 104 cm³/mol. The number of benzene rings is 1. The molecule has 4 heteroatoms. The number of hydrogen-bond acceptors (Lipinski definition) is 4. The summed E-state index contributed by atoms with van der Waals surface area (Å²) in [6.07, 6.45) is 11.9.